The topological polar surface area (TPSA) is 66.8 Å². The molecule has 0 radical (unpaired) electrons. The summed E-state index contributed by atoms with van der Waals surface area (Å²) in [4.78, 5) is 10.7. The van der Waals surface area contributed by atoms with Crippen LogP contribution in [0.2, 0.25) is 0 Å². The van der Waals surface area contributed by atoms with E-state index in [9.17, 15) is 0 Å². The van der Waals surface area contributed by atoms with Crippen LogP contribution < -0.4 is 10.2 Å². The van der Waals surface area contributed by atoms with Gasteiger partial charge in [0.15, 0.2) is 4.34 Å². The zero-order valence-electron chi connectivity index (χ0n) is 11.8. The Bertz CT molecular complexity index is 525. The van der Waals surface area contributed by atoms with Gasteiger partial charge in [0.05, 0.1) is 18.1 Å². The number of aromatic nitrogens is 4. The van der Waals surface area contributed by atoms with E-state index < -0.39 is 0 Å². The van der Waals surface area contributed by atoms with Crippen molar-refractivity contribution >= 4 is 34.0 Å². The fourth-order valence-corrected chi connectivity index (χ4v) is 3.01. The van der Waals surface area contributed by atoms with Crippen molar-refractivity contribution in [2.24, 2.45) is 0 Å². The zero-order valence-corrected chi connectivity index (χ0v) is 13.5. The van der Waals surface area contributed by atoms with Crippen LogP contribution in [0.1, 0.15) is 19.0 Å². The number of hydrogen-bond acceptors (Lipinski definition) is 8. The Morgan fingerprint density at radius 2 is 2.10 bits per heavy atom. The van der Waals surface area contributed by atoms with Gasteiger partial charge in [0.2, 0.25) is 5.13 Å². The molecule has 0 aliphatic carbocycles. The first-order valence-electron chi connectivity index (χ1n) is 6.37. The van der Waals surface area contributed by atoms with Gasteiger partial charge in [-0.25, -0.2) is 4.98 Å². The van der Waals surface area contributed by atoms with E-state index in [1.165, 1.54) is 0 Å². The lowest BCUT2D eigenvalue weighted by molar-refractivity contribution is 0.959. The predicted octanol–water partition coefficient (Wildman–Crippen LogP) is 2.51. The molecule has 2 heterocycles. The average molecular weight is 310 g/mol. The Labute approximate surface area is 127 Å². The smallest absolute Gasteiger partial charge is 0.208 e. The molecule has 20 heavy (non-hydrogen) atoms. The van der Waals surface area contributed by atoms with Crippen molar-refractivity contribution in [1.82, 2.24) is 20.2 Å². The van der Waals surface area contributed by atoms with E-state index in [0.717, 1.165) is 39.7 Å². The SMILES string of the molecule is CCCNc1cnc(CSc2nnc(N(C)C)s2)cn1. The van der Waals surface area contributed by atoms with Crippen molar-refractivity contribution in [3.05, 3.63) is 18.1 Å². The van der Waals surface area contributed by atoms with Crippen LogP contribution in [-0.2, 0) is 5.75 Å². The van der Waals surface area contributed by atoms with Gasteiger partial charge in [0.1, 0.15) is 5.82 Å². The summed E-state index contributed by atoms with van der Waals surface area (Å²) in [6.07, 6.45) is 4.65. The first kappa shape index (κ1) is 15.0. The highest BCUT2D eigenvalue weighted by Crippen LogP contribution is 2.28. The Balaban J connectivity index is 1.86. The van der Waals surface area contributed by atoms with Crippen LogP contribution >= 0.6 is 23.1 Å². The van der Waals surface area contributed by atoms with Crippen LogP contribution in [0.15, 0.2) is 16.7 Å². The molecule has 0 fully saturated rings. The van der Waals surface area contributed by atoms with Gasteiger partial charge in [0, 0.05) is 26.4 Å². The van der Waals surface area contributed by atoms with Gasteiger partial charge in [-0.1, -0.05) is 30.0 Å². The molecule has 108 valence electrons. The molecule has 0 spiro atoms. The fraction of sp³-hybridized carbons (Fsp3) is 0.500. The summed E-state index contributed by atoms with van der Waals surface area (Å²) >= 11 is 3.21. The molecule has 0 bridgehead atoms. The van der Waals surface area contributed by atoms with Crippen LogP contribution in [0, 0.1) is 0 Å². The van der Waals surface area contributed by atoms with Crippen molar-refractivity contribution < 1.29 is 0 Å². The van der Waals surface area contributed by atoms with E-state index in [4.69, 9.17) is 0 Å². The molecule has 0 aliphatic heterocycles. The lowest BCUT2D eigenvalue weighted by Gasteiger charge is -2.04. The Morgan fingerprint density at radius 1 is 1.25 bits per heavy atom. The third-order valence-corrected chi connectivity index (χ3v) is 4.64. The zero-order chi connectivity index (χ0) is 14.4. The van der Waals surface area contributed by atoms with Crippen molar-refractivity contribution in [1.29, 1.82) is 0 Å². The van der Waals surface area contributed by atoms with Crippen LogP contribution in [0.5, 0.6) is 0 Å². The average Bonchev–Trinajstić information content (AvgIpc) is 2.93. The van der Waals surface area contributed by atoms with Crippen molar-refractivity contribution in [2.75, 3.05) is 30.9 Å². The molecule has 0 unspecified atom stereocenters. The van der Waals surface area contributed by atoms with E-state index >= 15 is 0 Å². The van der Waals surface area contributed by atoms with Gasteiger partial charge >= 0.3 is 0 Å². The van der Waals surface area contributed by atoms with Gasteiger partial charge in [-0.2, -0.15) is 0 Å². The lowest BCUT2D eigenvalue weighted by Crippen LogP contribution is -2.07. The molecule has 0 aromatic carbocycles. The second-order valence-electron chi connectivity index (χ2n) is 4.35. The summed E-state index contributed by atoms with van der Waals surface area (Å²) in [6.45, 7) is 3.04. The number of nitrogens with one attached hydrogen (secondary N) is 1. The largest absolute Gasteiger partial charge is 0.369 e. The third-order valence-electron chi connectivity index (χ3n) is 2.38. The van der Waals surface area contributed by atoms with E-state index in [1.54, 1.807) is 35.5 Å². The normalized spacial score (nSPS) is 10.6. The molecule has 0 saturated carbocycles. The van der Waals surface area contributed by atoms with Crippen molar-refractivity contribution in [3.8, 4) is 0 Å². The Hall–Kier alpha value is -1.41. The molecule has 2 aromatic rings. The molecule has 2 aromatic heterocycles. The van der Waals surface area contributed by atoms with E-state index in [-0.39, 0.29) is 0 Å². The van der Waals surface area contributed by atoms with E-state index in [1.807, 2.05) is 19.0 Å². The summed E-state index contributed by atoms with van der Waals surface area (Å²) in [5, 5.41) is 12.4. The maximum Gasteiger partial charge on any atom is 0.208 e. The summed E-state index contributed by atoms with van der Waals surface area (Å²) < 4.78 is 0.948. The van der Waals surface area contributed by atoms with Crippen molar-refractivity contribution in [3.63, 3.8) is 0 Å². The number of nitrogens with zero attached hydrogens (tertiary/aromatic N) is 5. The van der Waals surface area contributed by atoms with Crippen molar-refractivity contribution in [2.45, 2.75) is 23.4 Å². The molecule has 0 aliphatic rings. The molecule has 0 saturated heterocycles. The highest BCUT2D eigenvalue weighted by molar-refractivity contribution is 8.00. The maximum absolute atomic E-state index is 4.39. The molecule has 6 nitrogen and oxygen atoms in total. The van der Waals surface area contributed by atoms with Gasteiger partial charge in [-0.3, -0.25) is 4.98 Å². The second-order valence-corrected chi connectivity index (χ2v) is 6.53. The van der Waals surface area contributed by atoms with Crippen LogP contribution in [0.25, 0.3) is 0 Å². The first-order valence-corrected chi connectivity index (χ1v) is 8.17. The molecule has 8 heteroatoms. The molecule has 0 amide bonds. The molecule has 1 N–H and O–H groups in total. The van der Waals surface area contributed by atoms with Gasteiger partial charge < -0.3 is 10.2 Å². The molecular formula is C12H18N6S2. The van der Waals surface area contributed by atoms with Gasteiger partial charge in [-0.05, 0) is 6.42 Å². The van der Waals surface area contributed by atoms with E-state index in [0.29, 0.717) is 0 Å². The minimum atomic E-state index is 0.753. The maximum atomic E-state index is 4.39. The standard InChI is InChI=1S/C12H18N6S2/c1-4-5-13-10-7-14-9(6-15-10)8-19-12-17-16-11(20-12)18(2)3/h6-7H,4-5,8H2,1-3H3,(H,13,15). The first-order chi connectivity index (χ1) is 9.69. The van der Waals surface area contributed by atoms with Crippen LogP contribution in [0.3, 0.4) is 0 Å². The Kier molecular flexibility index (Phi) is 5.54. The summed E-state index contributed by atoms with van der Waals surface area (Å²) in [7, 11) is 3.92. The highest BCUT2D eigenvalue weighted by Gasteiger charge is 2.07. The summed E-state index contributed by atoms with van der Waals surface area (Å²) in [5.41, 5.74) is 0.943. The number of thioether (sulfide) groups is 1. The highest BCUT2D eigenvalue weighted by atomic mass is 32.2. The van der Waals surface area contributed by atoms with E-state index in [2.05, 4.69) is 32.4 Å². The lowest BCUT2D eigenvalue weighted by atomic mass is 10.4. The molecular weight excluding hydrogens is 292 g/mol. The molecule has 2 rings (SSSR count). The summed E-state index contributed by atoms with van der Waals surface area (Å²) in [5.74, 6) is 1.58. The van der Waals surface area contributed by atoms with Crippen LogP contribution in [-0.4, -0.2) is 40.8 Å². The number of hydrogen-bond donors (Lipinski definition) is 1. The molecule has 0 atom stereocenters. The second kappa shape index (κ2) is 7.39. The fourth-order valence-electron chi connectivity index (χ4n) is 1.35. The third kappa shape index (κ3) is 4.31. The predicted molar refractivity (Wildman–Crippen MR) is 84.6 cm³/mol. The van der Waals surface area contributed by atoms with Gasteiger partial charge in [-0.15, -0.1) is 10.2 Å². The quantitative estimate of drug-likeness (QED) is 0.788. The minimum Gasteiger partial charge on any atom is -0.369 e. The Morgan fingerprint density at radius 3 is 2.70 bits per heavy atom. The van der Waals surface area contributed by atoms with Crippen LogP contribution in [0.4, 0.5) is 10.9 Å². The summed E-state index contributed by atoms with van der Waals surface area (Å²) in [6, 6.07) is 0. The monoisotopic (exact) mass is 310 g/mol. The number of anilines is 2. The minimum absolute atomic E-state index is 0.753. The number of rotatable bonds is 7. The van der Waals surface area contributed by atoms with Gasteiger partial charge in [0.25, 0.3) is 0 Å².